The molecule has 0 bridgehead atoms. The summed E-state index contributed by atoms with van der Waals surface area (Å²) in [4.78, 5) is 0. The Balaban J connectivity index is 1.99. The largest absolute Gasteiger partial charge is 0.497 e. The second-order valence-electron chi connectivity index (χ2n) is 4.80. The molecule has 1 aliphatic rings. The van der Waals surface area contributed by atoms with Gasteiger partial charge in [0.2, 0.25) is 0 Å². The molecule has 1 saturated heterocycles. The van der Waals surface area contributed by atoms with Crippen LogP contribution < -0.4 is 10.1 Å². The van der Waals surface area contributed by atoms with Gasteiger partial charge >= 0.3 is 0 Å². The van der Waals surface area contributed by atoms with Crippen molar-refractivity contribution in [3.8, 4) is 5.75 Å². The van der Waals surface area contributed by atoms with Crippen LogP contribution in [0.25, 0.3) is 0 Å². The summed E-state index contributed by atoms with van der Waals surface area (Å²) in [5, 5.41) is 3.56. The maximum Gasteiger partial charge on any atom is 0.120 e. The molecule has 1 heterocycles. The van der Waals surface area contributed by atoms with Gasteiger partial charge in [-0.3, -0.25) is 0 Å². The summed E-state index contributed by atoms with van der Waals surface area (Å²) in [7, 11) is 1.69. The lowest BCUT2D eigenvalue weighted by atomic mass is 9.99. The van der Waals surface area contributed by atoms with Crippen molar-refractivity contribution >= 4 is 5.69 Å². The number of ether oxygens (including phenoxy) is 2. The van der Waals surface area contributed by atoms with Crippen LogP contribution in [0.3, 0.4) is 0 Å². The average molecular weight is 235 g/mol. The second kappa shape index (κ2) is 5.41. The van der Waals surface area contributed by atoms with Crippen molar-refractivity contribution in [2.45, 2.75) is 44.9 Å². The number of rotatable bonds is 3. The van der Waals surface area contributed by atoms with Crippen LogP contribution in [-0.4, -0.2) is 25.4 Å². The molecule has 0 saturated carbocycles. The number of hydrogen-bond acceptors (Lipinski definition) is 3. The molecule has 2 unspecified atom stereocenters. The van der Waals surface area contributed by atoms with E-state index < -0.39 is 0 Å². The molecule has 2 rings (SSSR count). The molecule has 0 radical (unpaired) electrons. The molecule has 2 atom stereocenters. The highest BCUT2D eigenvalue weighted by molar-refractivity contribution is 5.48. The first-order valence-electron chi connectivity index (χ1n) is 6.23. The molecule has 1 aromatic carbocycles. The van der Waals surface area contributed by atoms with Crippen molar-refractivity contribution in [3.05, 3.63) is 24.3 Å². The van der Waals surface area contributed by atoms with Gasteiger partial charge in [-0.25, -0.2) is 0 Å². The first kappa shape index (κ1) is 12.2. The number of methoxy groups -OCH3 is 1. The Labute approximate surface area is 103 Å². The van der Waals surface area contributed by atoms with Gasteiger partial charge in [-0.2, -0.15) is 0 Å². The Morgan fingerprint density at radius 2 is 1.94 bits per heavy atom. The van der Waals surface area contributed by atoms with Crippen LogP contribution in [0, 0.1) is 0 Å². The third-order valence-corrected chi connectivity index (χ3v) is 3.14. The number of hydrogen-bond donors (Lipinski definition) is 1. The van der Waals surface area contributed by atoms with Crippen molar-refractivity contribution in [1.29, 1.82) is 0 Å². The van der Waals surface area contributed by atoms with Crippen LogP contribution in [0.1, 0.15) is 26.7 Å². The van der Waals surface area contributed by atoms with Crippen molar-refractivity contribution in [1.82, 2.24) is 0 Å². The molecule has 0 aromatic heterocycles. The lowest BCUT2D eigenvalue weighted by Gasteiger charge is -2.33. The zero-order valence-electron chi connectivity index (χ0n) is 10.8. The SMILES string of the molecule is COc1cccc(NC2CC(C)OC(C)C2)c1. The Bertz CT molecular complexity index is 357. The third-order valence-electron chi connectivity index (χ3n) is 3.14. The smallest absolute Gasteiger partial charge is 0.120 e. The summed E-state index contributed by atoms with van der Waals surface area (Å²) in [6, 6.07) is 8.56. The monoisotopic (exact) mass is 235 g/mol. The summed E-state index contributed by atoms with van der Waals surface area (Å²) >= 11 is 0. The minimum atomic E-state index is 0.335. The van der Waals surface area contributed by atoms with Gasteiger partial charge in [0.1, 0.15) is 5.75 Å². The normalized spacial score (nSPS) is 28.8. The minimum absolute atomic E-state index is 0.335. The first-order chi connectivity index (χ1) is 8.17. The van der Waals surface area contributed by atoms with E-state index in [1.54, 1.807) is 7.11 Å². The van der Waals surface area contributed by atoms with Crippen molar-refractivity contribution in [2.75, 3.05) is 12.4 Å². The lowest BCUT2D eigenvalue weighted by molar-refractivity contribution is -0.0337. The molecule has 0 spiro atoms. The standard InChI is InChI=1S/C14H21NO2/c1-10-7-13(8-11(2)17-10)15-12-5-4-6-14(9-12)16-3/h4-6,9-11,13,15H,7-8H2,1-3H3. The Hall–Kier alpha value is -1.22. The molecule has 17 heavy (non-hydrogen) atoms. The summed E-state index contributed by atoms with van der Waals surface area (Å²) < 4.78 is 11.0. The van der Waals surface area contributed by atoms with Crippen molar-refractivity contribution in [2.24, 2.45) is 0 Å². The van der Waals surface area contributed by atoms with Gasteiger partial charge in [0.25, 0.3) is 0 Å². The summed E-state index contributed by atoms with van der Waals surface area (Å²) in [5.74, 6) is 0.892. The zero-order chi connectivity index (χ0) is 12.3. The van der Waals surface area contributed by atoms with E-state index in [2.05, 4.69) is 25.2 Å². The molecular formula is C14H21NO2. The quantitative estimate of drug-likeness (QED) is 0.873. The molecule has 0 amide bonds. The summed E-state index contributed by atoms with van der Waals surface area (Å²) in [5.41, 5.74) is 1.12. The van der Waals surface area contributed by atoms with E-state index >= 15 is 0 Å². The third kappa shape index (κ3) is 3.37. The molecular weight excluding hydrogens is 214 g/mol. The fourth-order valence-electron chi connectivity index (χ4n) is 2.47. The van der Waals surface area contributed by atoms with E-state index in [0.717, 1.165) is 24.3 Å². The molecule has 3 heteroatoms. The fraction of sp³-hybridized carbons (Fsp3) is 0.571. The fourth-order valence-corrected chi connectivity index (χ4v) is 2.47. The van der Waals surface area contributed by atoms with E-state index in [1.807, 2.05) is 18.2 Å². The average Bonchev–Trinajstić information content (AvgIpc) is 2.28. The van der Waals surface area contributed by atoms with E-state index in [4.69, 9.17) is 9.47 Å². The maximum absolute atomic E-state index is 5.73. The topological polar surface area (TPSA) is 30.5 Å². The molecule has 1 fully saturated rings. The highest BCUT2D eigenvalue weighted by atomic mass is 16.5. The first-order valence-corrected chi connectivity index (χ1v) is 6.23. The van der Waals surface area contributed by atoms with Gasteiger partial charge in [-0.15, -0.1) is 0 Å². The van der Waals surface area contributed by atoms with Crippen molar-refractivity contribution < 1.29 is 9.47 Å². The molecule has 3 nitrogen and oxygen atoms in total. The number of anilines is 1. The van der Waals surface area contributed by atoms with E-state index in [-0.39, 0.29) is 0 Å². The predicted molar refractivity (Wildman–Crippen MR) is 69.6 cm³/mol. The highest BCUT2D eigenvalue weighted by Gasteiger charge is 2.24. The summed E-state index contributed by atoms with van der Waals surface area (Å²) in [6.45, 7) is 4.27. The molecule has 1 aromatic rings. The zero-order valence-corrected chi connectivity index (χ0v) is 10.8. The number of nitrogens with one attached hydrogen (secondary N) is 1. The van der Waals surface area contributed by atoms with E-state index in [0.29, 0.717) is 18.2 Å². The van der Waals surface area contributed by atoms with E-state index in [1.165, 1.54) is 0 Å². The maximum atomic E-state index is 5.73. The minimum Gasteiger partial charge on any atom is -0.497 e. The van der Waals surface area contributed by atoms with Crippen LogP contribution in [-0.2, 0) is 4.74 Å². The Morgan fingerprint density at radius 1 is 1.24 bits per heavy atom. The molecule has 94 valence electrons. The number of benzene rings is 1. The lowest BCUT2D eigenvalue weighted by Crippen LogP contribution is -2.36. The van der Waals surface area contributed by atoms with Gasteiger partial charge < -0.3 is 14.8 Å². The van der Waals surface area contributed by atoms with Gasteiger partial charge in [-0.05, 0) is 38.8 Å². The summed E-state index contributed by atoms with van der Waals surface area (Å²) in [6.07, 6.45) is 2.78. The van der Waals surface area contributed by atoms with Crippen LogP contribution in [0.2, 0.25) is 0 Å². The van der Waals surface area contributed by atoms with Crippen LogP contribution >= 0.6 is 0 Å². The second-order valence-corrected chi connectivity index (χ2v) is 4.80. The van der Waals surface area contributed by atoms with Crippen LogP contribution in [0.4, 0.5) is 5.69 Å². The van der Waals surface area contributed by atoms with E-state index in [9.17, 15) is 0 Å². The highest BCUT2D eigenvalue weighted by Crippen LogP contribution is 2.24. The van der Waals surface area contributed by atoms with Gasteiger partial charge in [0, 0.05) is 17.8 Å². The molecule has 1 aliphatic heterocycles. The van der Waals surface area contributed by atoms with Crippen LogP contribution in [0.15, 0.2) is 24.3 Å². The molecule has 0 aliphatic carbocycles. The van der Waals surface area contributed by atoms with Gasteiger partial charge in [-0.1, -0.05) is 6.07 Å². The van der Waals surface area contributed by atoms with Crippen LogP contribution in [0.5, 0.6) is 5.75 Å². The van der Waals surface area contributed by atoms with Gasteiger partial charge in [0.05, 0.1) is 19.3 Å². The predicted octanol–water partition coefficient (Wildman–Crippen LogP) is 3.06. The Kier molecular flexibility index (Phi) is 3.89. The van der Waals surface area contributed by atoms with Gasteiger partial charge in [0.15, 0.2) is 0 Å². The van der Waals surface area contributed by atoms with Crippen molar-refractivity contribution in [3.63, 3.8) is 0 Å². The Morgan fingerprint density at radius 3 is 2.59 bits per heavy atom. The molecule has 1 N–H and O–H groups in total.